The molecular weight excluding hydrogens is 306 g/mol. The van der Waals surface area contributed by atoms with Crippen molar-refractivity contribution in [2.45, 2.75) is 13.3 Å². The van der Waals surface area contributed by atoms with Gasteiger partial charge in [0.15, 0.2) is 0 Å². The minimum absolute atomic E-state index is 0.212. The number of nitrogen functional groups attached to an aromatic ring is 1. The molecule has 1 aliphatic rings. The zero-order valence-corrected chi connectivity index (χ0v) is 13.6. The molecule has 0 bridgehead atoms. The van der Waals surface area contributed by atoms with E-state index in [0.717, 1.165) is 36.5 Å². The SMILES string of the molecule is Cc1c(N)cc(-c2ccccc2OCC2CCOC2)cc1C(=O)O. The fourth-order valence-corrected chi connectivity index (χ4v) is 2.87. The van der Waals surface area contributed by atoms with Gasteiger partial charge in [-0.2, -0.15) is 0 Å². The van der Waals surface area contributed by atoms with Crippen LogP contribution < -0.4 is 10.5 Å². The second-order valence-corrected chi connectivity index (χ2v) is 6.08. The summed E-state index contributed by atoms with van der Waals surface area (Å²) in [5, 5.41) is 9.38. The topological polar surface area (TPSA) is 81.8 Å². The monoisotopic (exact) mass is 327 g/mol. The molecule has 0 amide bonds. The number of ether oxygens (including phenoxy) is 2. The molecule has 2 aromatic carbocycles. The van der Waals surface area contributed by atoms with Crippen molar-refractivity contribution in [3.05, 3.63) is 47.5 Å². The molecule has 2 aromatic rings. The third kappa shape index (κ3) is 3.36. The van der Waals surface area contributed by atoms with Crippen LogP contribution in [0.25, 0.3) is 11.1 Å². The van der Waals surface area contributed by atoms with Gasteiger partial charge in [0.05, 0.1) is 18.8 Å². The summed E-state index contributed by atoms with van der Waals surface area (Å²) < 4.78 is 11.3. The Morgan fingerprint density at radius 2 is 2.17 bits per heavy atom. The highest BCUT2D eigenvalue weighted by Crippen LogP contribution is 2.34. The van der Waals surface area contributed by atoms with E-state index in [1.165, 1.54) is 0 Å². The predicted octanol–water partition coefficient (Wildman–Crippen LogP) is 3.36. The molecule has 5 nitrogen and oxygen atoms in total. The fourth-order valence-electron chi connectivity index (χ4n) is 2.87. The molecule has 1 fully saturated rings. The van der Waals surface area contributed by atoms with E-state index >= 15 is 0 Å². The summed E-state index contributed by atoms with van der Waals surface area (Å²) in [6.45, 7) is 3.81. The van der Waals surface area contributed by atoms with Gasteiger partial charge in [-0.15, -0.1) is 0 Å². The van der Waals surface area contributed by atoms with Gasteiger partial charge in [0.25, 0.3) is 0 Å². The van der Waals surface area contributed by atoms with Gasteiger partial charge in [-0.3, -0.25) is 0 Å². The number of hydrogen-bond donors (Lipinski definition) is 2. The Morgan fingerprint density at radius 1 is 1.38 bits per heavy atom. The molecule has 1 saturated heterocycles. The van der Waals surface area contributed by atoms with Crippen LogP contribution in [0.5, 0.6) is 5.75 Å². The molecule has 3 rings (SSSR count). The zero-order valence-electron chi connectivity index (χ0n) is 13.6. The highest BCUT2D eigenvalue weighted by Gasteiger charge is 2.18. The summed E-state index contributed by atoms with van der Waals surface area (Å²) in [5.74, 6) is 0.141. The van der Waals surface area contributed by atoms with Crippen LogP contribution in [0.4, 0.5) is 5.69 Å². The summed E-state index contributed by atoms with van der Waals surface area (Å²) in [6.07, 6.45) is 1.00. The van der Waals surface area contributed by atoms with Crippen LogP contribution in [-0.2, 0) is 4.74 Å². The quantitative estimate of drug-likeness (QED) is 0.823. The molecule has 0 saturated carbocycles. The van der Waals surface area contributed by atoms with Crippen LogP contribution in [0.2, 0.25) is 0 Å². The van der Waals surface area contributed by atoms with Crippen LogP contribution >= 0.6 is 0 Å². The Balaban J connectivity index is 1.93. The third-order valence-electron chi connectivity index (χ3n) is 4.37. The first-order chi connectivity index (χ1) is 11.6. The van der Waals surface area contributed by atoms with Gasteiger partial charge in [-0.25, -0.2) is 4.79 Å². The maximum atomic E-state index is 11.4. The van der Waals surface area contributed by atoms with E-state index in [4.69, 9.17) is 15.2 Å². The van der Waals surface area contributed by atoms with Crippen molar-refractivity contribution in [2.75, 3.05) is 25.6 Å². The minimum Gasteiger partial charge on any atom is -0.493 e. The van der Waals surface area contributed by atoms with Crippen LogP contribution in [0.3, 0.4) is 0 Å². The molecular formula is C19H21NO4. The number of carboxylic acids is 1. The van der Waals surface area contributed by atoms with E-state index in [1.54, 1.807) is 19.1 Å². The maximum absolute atomic E-state index is 11.4. The molecule has 0 aliphatic carbocycles. The molecule has 0 radical (unpaired) electrons. The van der Waals surface area contributed by atoms with Crippen molar-refractivity contribution in [2.24, 2.45) is 5.92 Å². The lowest BCUT2D eigenvalue weighted by molar-refractivity contribution is 0.0696. The molecule has 1 atom stereocenters. The van der Waals surface area contributed by atoms with Crippen molar-refractivity contribution in [1.82, 2.24) is 0 Å². The number of hydrogen-bond acceptors (Lipinski definition) is 4. The Labute approximate surface area is 141 Å². The number of rotatable bonds is 5. The molecule has 1 heterocycles. The second-order valence-electron chi connectivity index (χ2n) is 6.08. The van der Waals surface area contributed by atoms with E-state index in [2.05, 4.69) is 0 Å². The van der Waals surface area contributed by atoms with Gasteiger partial charge in [0, 0.05) is 23.8 Å². The Bertz CT molecular complexity index is 751. The number of carbonyl (C=O) groups is 1. The lowest BCUT2D eigenvalue weighted by Gasteiger charge is -2.15. The Kier molecular flexibility index (Phi) is 4.71. The lowest BCUT2D eigenvalue weighted by atomic mass is 9.97. The largest absolute Gasteiger partial charge is 0.493 e. The third-order valence-corrected chi connectivity index (χ3v) is 4.37. The first kappa shape index (κ1) is 16.3. The number of anilines is 1. The van der Waals surface area contributed by atoms with Gasteiger partial charge in [0.1, 0.15) is 5.75 Å². The summed E-state index contributed by atoms with van der Waals surface area (Å²) in [4.78, 5) is 11.4. The van der Waals surface area contributed by atoms with Crippen molar-refractivity contribution in [3.8, 4) is 16.9 Å². The van der Waals surface area contributed by atoms with Gasteiger partial charge in [-0.05, 0) is 42.7 Å². The molecule has 1 aliphatic heterocycles. The lowest BCUT2D eigenvalue weighted by Crippen LogP contribution is -2.12. The standard InChI is InChI=1S/C19H21NO4/c1-12-16(19(21)22)8-14(9-17(12)20)15-4-2-3-5-18(15)24-11-13-6-7-23-10-13/h2-5,8-9,13H,6-7,10-11,20H2,1H3,(H,21,22). The van der Waals surface area contributed by atoms with Crippen LogP contribution in [0, 0.1) is 12.8 Å². The van der Waals surface area contributed by atoms with Crippen molar-refractivity contribution in [3.63, 3.8) is 0 Å². The Morgan fingerprint density at radius 3 is 2.88 bits per heavy atom. The molecule has 5 heteroatoms. The average Bonchev–Trinajstić information content (AvgIpc) is 3.09. The van der Waals surface area contributed by atoms with Crippen molar-refractivity contribution >= 4 is 11.7 Å². The Hall–Kier alpha value is -2.53. The highest BCUT2D eigenvalue weighted by molar-refractivity contribution is 5.93. The summed E-state index contributed by atoms with van der Waals surface area (Å²) in [6, 6.07) is 11.0. The predicted molar refractivity (Wildman–Crippen MR) is 92.4 cm³/mol. The maximum Gasteiger partial charge on any atom is 0.336 e. The first-order valence-electron chi connectivity index (χ1n) is 7.99. The summed E-state index contributed by atoms with van der Waals surface area (Å²) >= 11 is 0. The summed E-state index contributed by atoms with van der Waals surface area (Å²) in [5.41, 5.74) is 8.83. The normalized spacial score (nSPS) is 17.0. The molecule has 3 N–H and O–H groups in total. The smallest absolute Gasteiger partial charge is 0.336 e. The number of nitrogens with two attached hydrogens (primary N) is 1. The van der Waals surface area contributed by atoms with E-state index in [9.17, 15) is 9.90 Å². The molecule has 126 valence electrons. The van der Waals surface area contributed by atoms with Crippen LogP contribution in [0.15, 0.2) is 36.4 Å². The van der Waals surface area contributed by atoms with E-state index < -0.39 is 5.97 Å². The van der Waals surface area contributed by atoms with E-state index in [-0.39, 0.29) is 5.56 Å². The van der Waals surface area contributed by atoms with Gasteiger partial charge < -0.3 is 20.3 Å². The number of para-hydroxylation sites is 1. The zero-order chi connectivity index (χ0) is 17.1. The van der Waals surface area contributed by atoms with E-state index in [1.807, 2.05) is 24.3 Å². The summed E-state index contributed by atoms with van der Waals surface area (Å²) in [7, 11) is 0. The van der Waals surface area contributed by atoms with Crippen molar-refractivity contribution in [1.29, 1.82) is 0 Å². The fraction of sp³-hybridized carbons (Fsp3) is 0.316. The van der Waals surface area contributed by atoms with E-state index in [0.29, 0.717) is 23.8 Å². The van der Waals surface area contributed by atoms with Gasteiger partial charge >= 0.3 is 5.97 Å². The number of carboxylic acid groups (broad SMARTS) is 1. The highest BCUT2D eigenvalue weighted by atomic mass is 16.5. The van der Waals surface area contributed by atoms with Crippen LogP contribution in [-0.4, -0.2) is 30.9 Å². The van der Waals surface area contributed by atoms with Gasteiger partial charge in [-0.1, -0.05) is 18.2 Å². The molecule has 0 aromatic heterocycles. The molecule has 1 unspecified atom stereocenters. The van der Waals surface area contributed by atoms with Gasteiger partial charge in [0.2, 0.25) is 0 Å². The van der Waals surface area contributed by atoms with Crippen LogP contribution in [0.1, 0.15) is 22.3 Å². The minimum atomic E-state index is -0.984. The molecule has 0 spiro atoms. The first-order valence-corrected chi connectivity index (χ1v) is 7.99. The molecule has 24 heavy (non-hydrogen) atoms. The second kappa shape index (κ2) is 6.93. The number of aromatic carboxylic acids is 1. The van der Waals surface area contributed by atoms with Crippen molar-refractivity contribution < 1.29 is 19.4 Å². The number of benzene rings is 2. The average molecular weight is 327 g/mol.